The van der Waals surface area contributed by atoms with Crippen LogP contribution in [0.2, 0.25) is 5.02 Å². The highest BCUT2D eigenvalue weighted by molar-refractivity contribution is 6.30. The molecule has 4 aromatic rings. The average molecular weight is 585 g/mol. The third kappa shape index (κ3) is 6.07. The van der Waals surface area contributed by atoms with E-state index in [1.807, 2.05) is 30.3 Å². The summed E-state index contributed by atoms with van der Waals surface area (Å²) in [4.78, 5) is 36.5. The van der Waals surface area contributed by atoms with Gasteiger partial charge in [0, 0.05) is 34.8 Å². The Bertz CT molecular complexity index is 1650. The van der Waals surface area contributed by atoms with Gasteiger partial charge in [0.1, 0.15) is 24.8 Å². The summed E-state index contributed by atoms with van der Waals surface area (Å²) in [7, 11) is 0. The second kappa shape index (κ2) is 12.8. The first-order valence-corrected chi connectivity index (χ1v) is 13.7. The molecular weight excluding hydrogens is 556 g/mol. The molecule has 1 saturated heterocycles. The van der Waals surface area contributed by atoms with E-state index < -0.39 is 6.04 Å². The molecule has 5 rings (SSSR count). The van der Waals surface area contributed by atoms with Crippen LogP contribution in [0.1, 0.15) is 35.7 Å². The number of aliphatic hydroxyl groups excluding tert-OH is 1. The molecule has 5 N–H and O–H groups in total. The Labute approximate surface area is 246 Å². The number of carbonyl (C=O) groups is 2. The molecule has 1 aliphatic rings. The number of carbonyl (C=O) groups excluding carboxylic acids is 2. The first-order chi connectivity index (χ1) is 20.4. The standard InChI is InChI=1S/C30H29ClN8O3/c31-21-9-12-26(39(18-32)37-33)20(15-21)8-13-28(41)38-14-4-7-23(19-5-2-1-3-6-19)29(38)30(42)34-22-10-11-24-25(16-22)36-27(17-40)35-24/h1-3,5-6,8-13,15-16,18,23,29,32-33,40H,4,7,14,17H2,(H,34,42)(H,35,36)/b13-8+,32-18?,37-33?. The van der Waals surface area contributed by atoms with Gasteiger partial charge in [0.2, 0.25) is 11.8 Å². The van der Waals surface area contributed by atoms with Crippen LogP contribution in [0, 0.1) is 10.9 Å². The topological polar surface area (TPSA) is 162 Å². The number of rotatable bonds is 9. The fraction of sp³-hybridized carbons (Fsp3) is 0.200. The van der Waals surface area contributed by atoms with E-state index in [-0.39, 0.29) is 24.3 Å². The second-order valence-electron chi connectivity index (χ2n) is 9.81. The Kier molecular flexibility index (Phi) is 8.70. The summed E-state index contributed by atoms with van der Waals surface area (Å²) in [6.45, 7) is 0.164. The van der Waals surface area contributed by atoms with Gasteiger partial charge < -0.3 is 20.3 Å². The van der Waals surface area contributed by atoms with E-state index in [1.165, 1.54) is 6.08 Å². The molecule has 1 aliphatic heterocycles. The first-order valence-electron chi connectivity index (χ1n) is 13.3. The summed E-state index contributed by atoms with van der Waals surface area (Å²) in [5.41, 5.74) is 11.1. The van der Waals surface area contributed by atoms with Crippen molar-refractivity contribution in [2.24, 2.45) is 5.22 Å². The minimum absolute atomic E-state index is 0.226. The van der Waals surface area contributed by atoms with Gasteiger partial charge in [-0.3, -0.25) is 15.0 Å². The number of benzene rings is 3. The predicted molar refractivity (Wildman–Crippen MR) is 161 cm³/mol. The minimum atomic E-state index is -0.788. The van der Waals surface area contributed by atoms with E-state index in [0.29, 0.717) is 51.8 Å². The zero-order valence-corrected chi connectivity index (χ0v) is 23.3. The number of aromatic nitrogens is 2. The maximum Gasteiger partial charge on any atom is 0.247 e. The SMILES string of the molecule is N=CN(N=N)c1ccc(Cl)cc1/C=C/C(=O)N1CCCC(c2ccccc2)C1C(=O)Nc1ccc2nc(CO)[nH]c2c1. The third-order valence-electron chi connectivity index (χ3n) is 7.23. The van der Waals surface area contributed by atoms with Crippen LogP contribution in [0.15, 0.2) is 78.0 Å². The number of anilines is 2. The average Bonchev–Trinajstić information content (AvgIpc) is 3.44. The molecule has 0 bridgehead atoms. The van der Waals surface area contributed by atoms with Crippen LogP contribution in [0.25, 0.3) is 17.1 Å². The Balaban J connectivity index is 1.46. The fourth-order valence-corrected chi connectivity index (χ4v) is 5.50. The molecule has 0 radical (unpaired) electrons. The number of aliphatic hydroxyl groups is 1. The van der Waals surface area contributed by atoms with Crippen LogP contribution in [0.5, 0.6) is 0 Å². The second-order valence-corrected chi connectivity index (χ2v) is 10.2. The predicted octanol–water partition coefficient (Wildman–Crippen LogP) is 5.49. The van der Waals surface area contributed by atoms with Crippen molar-refractivity contribution in [3.63, 3.8) is 0 Å². The van der Waals surface area contributed by atoms with Crippen LogP contribution >= 0.6 is 11.6 Å². The number of hydrogen-bond donors (Lipinski definition) is 5. The quantitative estimate of drug-likeness (QED) is 0.0576. The van der Waals surface area contributed by atoms with E-state index in [2.05, 4.69) is 20.5 Å². The highest BCUT2D eigenvalue weighted by Crippen LogP contribution is 2.34. The van der Waals surface area contributed by atoms with Crippen molar-refractivity contribution in [3.05, 3.63) is 94.8 Å². The van der Waals surface area contributed by atoms with Crippen molar-refractivity contribution < 1.29 is 14.7 Å². The number of fused-ring (bicyclic) bond motifs is 1. The van der Waals surface area contributed by atoms with Gasteiger partial charge in [0.05, 0.1) is 16.7 Å². The molecule has 0 aliphatic carbocycles. The number of hydrogen-bond acceptors (Lipinski definition) is 7. The van der Waals surface area contributed by atoms with Gasteiger partial charge in [0.15, 0.2) is 0 Å². The number of nitrogens with one attached hydrogen (secondary N) is 4. The number of imidazole rings is 1. The van der Waals surface area contributed by atoms with Gasteiger partial charge in [-0.1, -0.05) is 47.2 Å². The summed E-state index contributed by atoms with van der Waals surface area (Å²) >= 11 is 6.19. The van der Waals surface area contributed by atoms with Crippen LogP contribution in [0.4, 0.5) is 11.4 Å². The Morgan fingerprint density at radius 1 is 1.19 bits per heavy atom. The fourth-order valence-electron chi connectivity index (χ4n) is 5.32. The van der Waals surface area contributed by atoms with Crippen molar-refractivity contribution >= 4 is 58.2 Å². The van der Waals surface area contributed by atoms with Crippen molar-refractivity contribution in [3.8, 4) is 0 Å². The van der Waals surface area contributed by atoms with Crippen LogP contribution in [-0.2, 0) is 16.2 Å². The van der Waals surface area contributed by atoms with Gasteiger partial charge in [0.25, 0.3) is 0 Å². The third-order valence-corrected chi connectivity index (χ3v) is 7.47. The molecule has 0 spiro atoms. The molecule has 0 saturated carbocycles. The molecule has 42 heavy (non-hydrogen) atoms. The number of piperidine rings is 1. The maximum absolute atomic E-state index is 13.9. The zero-order chi connectivity index (χ0) is 29.6. The Morgan fingerprint density at radius 2 is 2.00 bits per heavy atom. The zero-order valence-electron chi connectivity index (χ0n) is 22.5. The lowest BCUT2D eigenvalue weighted by Crippen LogP contribution is -2.53. The highest BCUT2D eigenvalue weighted by Gasteiger charge is 2.39. The lowest BCUT2D eigenvalue weighted by Gasteiger charge is -2.40. The Hall–Kier alpha value is -4.87. The van der Waals surface area contributed by atoms with E-state index in [0.717, 1.165) is 23.3 Å². The van der Waals surface area contributed by atoms with E-state index in [1.54, 1.807) is 47.4 Å². The molecule has 3 aromatic carbocycles. The number of nitrogens with zero attached hydrogens (tertiary/aromatic N) is 4. The molecule has 2 unspecified atom stereocenters. The summed E-state index contributed by atoms with van der Waals surface area (Å²) < 4.78 is 0. The van der Waals surface area contributed by atoms with Gasteiger partial charge >= 0.3 is 0 Å². The smallest absolute Gasteiger partial charge is 0.247 e. The largest absolute Gasteiger partial charge is 0.388 e. The molecule has 1 fully saturated rings. The summed E-state index contributed by atoms with van der Waals surface area (Å²) in [6.07, 6.45) is 5.26. The monoisotopic (exact) mass is 584 g/mol. The first kappa shape index (κ1) is 28.7. The normalized spacial score (nSPS) is 16.9. The number of amides is 2. The van der Waals surface area contributed by atoms with E-state index in [9.17, 15) is 14.7 Å². The van der Waals surface area contributed by atoms with Crippen molar-refractivity contribution in [2.45, 2.75) is 31.4 Å². The molecule has 2 atom stereocenters. The van der Waals surface area contributed by atoms with Gasteiger partial charge in [-0.25, -0.2) is 9.99 Å². The summed E-state index contributed by atoms with van der Waals surface area (Å²) in [5.74, 6) is -0.483. The van der Waals surface area contributed by atoms with Crippen LogP contribution < -0.4 is 10.3 Å². The minimum Gasteiger partial charge on any atom is -0.388 e. The number of H-pyrrole nitrogens is 1. The van der Waals surface area contributed by atoms with Crippen LogP contribution in [-0.4, -0.2) is 50.7 Å². The van der Waals surface area contributed by atoms with Gasteiger partial charge in [-0.15, -0.1) is 0 Å². The van der Waals surface area contributed by atoms with E-state index >= 15 is 0 Å². The molecule has 11 nitrogen and oxygen atoms in total. The van der Waals surface area contributed by atoms with Crippen molar-refractivity contribution in [1.29, 1.82) is 10.9 Å². The molecule has 12 heteroatoms. The number of aromatic amines is 1. The highest BCUT2D eigenvalue weighted by atomic mass is 35.5. The van der Waals surface area contributed by atoms with Gasteiger partial charge in [-0.2, -0.15) is 5.53 Å². The lowest BCUT2D eigenvalue weighted by atomic mass is 9.82. The Morgan fingerprint density at radius 3 is 2.74 bits per heavy atom. The maximum atomic E-state index is 13.9. The van der Waals surface area contributed by atoms with Crippen LogP contribution in [0.3, 0.4) is 0 Å². The van der Waals surface area contributed by atoms with Crippen molar-refractivity contribution in [2.75, 3.05) is 16.9 Å². The molecule has 1 aromatic heterocycles. The van der Waals surface area contributed by atoms with Gasteiger partial charge in [-0.05, 0) is 60.9 Å². The van der Waals surface area contributed by atoms with Crippen molar-refractivity contribution in [1.82, 2.24) is 14.9 Å². The lowest BCUT2D eigenvalue weighted by molar-refractivity contribution is -0.137. The molecule has 214 valence electrons. The summed E-state index contributed by atoms with van der Waals surface area (Å²) in [6, 6.07) is 19.0. The summed E-state index contributed by atoms with van der Waals surface area (Å²) in [5, 5.41) is 24.7. The van der Waals surface area contributed by atoms with E-state index in [4.69, 9.17) is 22.5 Å². The number of halogens is 1. The number of likely N-dealkylation sites (tertiary alicyclic amines) is 1. The molecule has 2 amide bonds. The molecule has 2 heterocycles. The molecular formula is C30H29ClN8O3.